The zero-order chi connectivity index (χ0) is 12.3. The highest BCUT2D eigenvalue weighted by Crippen LogP contribution is 2.14. The van der Waals surface area contributed by atoms with Gasteiger partial charge in [-0.1, -0.05) is 28.9 Å². The molecule has 2 nitrogen and oxygen atoms in total. The molecule has 0 fully saturated rings. The predicted molar refractivity (Wildman–Crippen MR) is 61.7 cm³/mol. The number of hydrogen-bond acceptors (Lipinski definition) is 1. The Morgan fingerprint density at radius 2 is 2.12 bits per heavy atom. The highest BCUT2D eigenvalue weighted by molar-refractivity contribution is 9.09. The predicted octanol–water partition coefficient (Wildman–Crippen LogP) is 2.82. The van der Waals surface area contributed by atoms with Gasteiger partial charge in [0.2, 0.25) is 0 Å². The third-order valence-electron chi connectivity index (χ3n) is 2.05. The van der Waals surface area contributed by atoms with Crippen molar-refractivity contribution in [2.24, 2.45) is 0 Å². The van der Waals surface area contributed by atoms with E-state index in [0.717, 1.165) is 6.07 Å². The number of halogens is 3. The average Bonchev–Trinajstić information content (AvgIpc) is 2.20. The molecule has 1 atom stereocenters. The van der Waals surface area contributed by atoms with Crippen molar-refractivity contribution in [3.8, 4) is 0 Å². The van der Waals surface area contributed by atoms with Crippen molar-refractivity contribution in [2.75, 3.05) is 13.6 Å². The molecule has 5 heteroatoms. The number of alkyl halides is 1. The minimum Gasteiger partial charge on any atom is -0.341 e. The third-order valence-corrected chi connectivity index (χ3v) is 2.34. The molecular weight excluding hydrogens is 280 g/mol. The van der Waals surface area contributed by atoms with Crippen LogP contribution in [0, 0.1) is 11.6 Å². The van der Waals surface area contributed by atoms with Crippen molar-refractivity contribution in [3.05, 3.63) is 35.4 Å². The lowest BCUT2D eigenvalue weighted by atomic mass is 10.2. The standard InChI is InChI=1S/C11H12BrF2NO/c1-7(12)6-15(2)11(16)8-4-3-5-9(13)10(8)14/h3-5,7H,6H2,1-2H3. The summed E-state index contributed by atoms with van der Waals surface area (Å²) in [5.74, 6) is -2.63. The van der Waals surface area contributed by atoms with Gasteiger partial charge in [0, 0.05) is 18.4 Å². The van der Waals surface area contributed by atoms with Crippen LogP contribution in [0.4, 0.5) is 8.78 Å². The molecule has 0 aliphatic carbocycles. The van der Waals surface area contributed by atoms with Gasteiger partial charge in [0.25, 0.3) is 5.91 Å². The lowest BCUT2D eigenvalue weighted by Gasteiger charge is -2.18. The molecule has 0 aliphatic heterocycles. The van der Waals surface area contributed by atoms with E-state index in [1.54, 1.807) is 7.05 Å². The molecule has 0 saturated carbocycles. The minimum atomic E-state index is -1.10. The zero-order valence-electron chi connectivity index (χ0n) is 9.01. The van der Waals surface area contributed by atoms with Crippen LogP contribution in [-0.2, 0) is 0 Å². The first-order chi connectivity index (χ1) is 7.43. The Bertz CT molecular complexity index is 396. The normalized spacial score (nSPS) is 12.3. The van der Waals surface area contributed by atoms with Gasteiger partial charge in [0.1, 0.15) is 0 Å². The first-order valence-electron chi connectivity index (χ1n) is 4.77. The van der Waals surface area contributed by atoms with E-state index in [4.69, 9.17) is 0 Å². The van der Waals surface area contributed by atoms with Crippen LogP contribution in [0.1, 0.15) is 17.3 Å². The summed E-state index contributed by atoms with van der Waals surface area (Å²) in [6.45, 7) is 2.29. The number of hydrogen-bond donors (Lipinski definition) is 0. The molecule has 1 amide bonds. The first-order valence-corrected chi connectivity index (χ1v) is 5.68. The molecule has 16 heavy (non-hydrogen) atoms. The van der Waals surface area contributed by atoms with Gasteiger partial charge in [-0.15, -0.1) is 0 Å². The number of nitrogens with zero attached hydrogens (tertiary/aromatic N) is 1. The zero-order valence-corrected chi connectivity index (χ0v) is 10.6. The van der Waals surface area contributed by atoms with Gasteiger partial charge in [-0.2, -0.15) is 0 Å². The van der Waals surface area contributed by atoms with E-state index in [0.29, 0.717) is 6.54 Å². The fraction of sp³-hybridized carbons (Fsp3) is 0.364. The van der Waals surface area contributed by atoms with Crippen LogP contribution in [0.15, 0.2) is 18.2 Å². The molecule has 88 valence electrons. The fourth-order valence-corrected chi connectivity index (χ4v) is 1.77. The van der Waals surface area contributed by atoms with Crippen LogP contribution in [0.3, 0.4) is 0 Å². The molecule has 0 heterocycles. The number of carbonyl (C=O) groups excluding carboxylic acids is 1. The van der Waals surface area contributed by atoms with Crippen molar-refractivity contribution in [3.63, 3.8) is 0 Å². The van der Waals surface area contributed by atoms with Gasteiger partial charge in [-0.25, -0.2) is 8.78 Å². The summed E-state index contributed by atoms with van der Waals surface area (Å²) < 4.78 is 26.2. The van der Waals surface area contributed by atoms with Gasteiger partial charge in [0.15, 0.2) is 11.6 Å². The summed E-state index contributed by atoms with van der Waals surface area (Å²) in [6.07, 6.45) is 0. The van der Waals surface area contributed by atoms with E-state index in [9.17, 15) is 13.6 Å². The van der Waals surface area contributed by atoms with Crippen molar-refractivity contribution in [2.45, 2.75) is 11.8 Å². The molecule has 1 aromatic carbocycles. The molecule has 0 radical (unpaired) electrons. The summed E-state index contributed by atoms with van der Waals surface area (Å²) in [5.41, 5.74) is -0.240. The molecule has 1 rings (SSSR count). The molecule has 0 spiro atoms. The Labute approximate surface area is 101 Å². The van der Waals surface area contributed by atoms with Crippen molar-refractivity contribution in [1.29, 1.82) is 0 Å². The number of carbonyl (C=O) groups is 1. The van der Waals surface area contributed by atoms with E-state index >= 15 is 0 Å². The molecule has 1 aromatic rings. The van der Waals surface area contributed by atoms with E-state index in [2.05, 4.69) is 15.9 Å². The molecule has 0 N–H and O–H groups in total. The molecule has 1 unspecified atom stereocenters. The SMILES string of the molecule is CC(Br)CN(C)C(=O)c1cccc(F)c1F. The van der Waals surface area contributed by atoms with Crippen LogP contribution in [0.2, 0.25) is 0 Å². The Balaban J connectivity index is 2.92. The number of rotatable bonds is 3. The molecule has 0 saturated heterocycles. The Kier molecular flexibility index (Phi) is 4.41. The molecular formula is C11H12BrF2NO. The van der Waals surface area contributed by atoms with Gasteiger partial charge in [-0.3, -0.25) is 4.79 Å². The van der Waals surface area contributed by atoms with Crippen LogP contribution in [0.5, 0.6) is 0 Å². The highest BCUT2D eigenvalue weighted by Gasteiger charge is 2.19. The molecule has 0 bridgehead atoms. The van der Waals surface area contributed by atoms with Gasteiger partial charge in [-0.05, 0) is 12.1 Å². The largest absolute Gasteiger partial charge is 0.341 e. The van der Waals surface area contributed by atoms with E-state index in [1.165, 1.54) is 17.0 Å². The van der Waals surface area contributed by atoms with Crippen LogP contribution in [0.25, 0.3) is 0 Å². The monoisotopic (exact) mass is 291 g/mol. The first kappa shape index (κ1) is 13.1. The lowest BCUT2D eigenvalue weighted by Crippen LogP contribution is -2.31. The van der Waals surface area contributed by atoms with E-state index in [-0.39, 0.29) is 10.4 Å². The minimum absolute atomic E-state index is 0.0954. The quantitative estimate of drug-likeness (QED) is 0.784. The number of benzene rings is 1. The highest BCUT2D eigenvalue weighted by atomic mass is 79.9. The average molecular weight is 292 g/mol. The maximum absolute atomic E-state index is 13.3. The van der Waals surface area contributed by atoms with Crippen LogP contribution >= 0.6 is 15.9 Å². The van der Waals surface area contributed by atoms with Crippen LogP contribution in [-0.4, -0.2) is 29.2 Å². The fourth-order valence-electron chi connectivity index (χ4n) is 1.33. The molecule has 0 aromatic heterocycles. The van der Waals surface area contributed by atoms with E-state index in [1.807, 2.05) is 6.92 Å². The Morgan fingerprint density at radius 1 is 1.50 bits per heavy atom. The second kappa shape index (κ2) is 5.39. The maximum Gasteiger partial charge on any atom is 0.256 e. The Morgan fingerprint density at radius 3 is 2.69 bits per heavy atom. The Hall–Kier alpha value is -0.970. The topological polar surface area (TPSA) is 20.3 Å². The van der Waals surface area contributed by atoms with Gasteiger partial charge >= 0.3 is 0 Å². The van der Waals surface area contributed by atoms with E-state index < -0.39 is 17.5 Å². The summed E-state index contributed by atoms with van der Waals surface area (Å²) in [5, 5.41) is 0. The summed E-state index contributed by atoms with van der Waals surface area (Å²) in [7, 11) is 1.55. The maximum atomic E-state index is 13.3. The summed E-state index contributed by atoms with van der Waals surface area (Å²) in [6, 6.07) is 3.58. The van der Waals surface area contributed by atoms with Crippen molar-refractivity contribution >= 4 is 21.8 Å². The smallest absolute Gasteiger partial charge is 0.256 e. The van der Waals surface area contributed by atoms with Crippen LogP contribution < -0.4 is 0 Å². The van der Waals surface area contributed by atoms with Crippen molar-refractivity contribution in [1.82, 2.24) is 4.90 Å². The second-order valence-electron chi connectivity index (χ2n) is 3.57. The van der Waals surface area contributed by atoms with Gasteiger partial charge in [0.05, 0.1) is 5.56 Å². The van der Waals surface area contributed by atoms with Crippen molar-refractivity contribution < 1.29 is 13.6 Å². The summed E-state index contributed by atoms with van der Waals surface area (Å²) in [4.78, 5) is 13.2. The summed E-state index contributed by atoms with van der Waals surface area (Å²) >= 11 is 3.29. The lowest BCUT2D eigenvalue weighted by molar-refractivity contribution is 0.0791. The molecule has 0 aliphatic rings. The third kappa shape index (κ3) is 3.01. The van der Waals surface area contributed by atoms with Gasteiger partial charge < -0.3 is 4.90 Å². The number of amides is 1. The second-order valence-corrected chi connectivity index (χ2v) is 5.13.